The summed E-state index contributed by atoms with van der Waals surface area (Å²) < 4.78 is 9.46. The minimum Gasteiger partial charge on any atom is -0.469 e. The molecule has 0 amide bonds. The molecule has 1 aliphatic heterocycles. The van der Waals surface area contributed by atoms with Crippen LogP contribution in [-0.2, 0) is 23.9 Å². The maximum Gasteiger partial charge on any atom is 0.338 e. The van der Waals surface area contributed by atoms with Crippen LogP contribution in [0.3, 0.4) is 0 Å². The van der Waals surface area contributed by atoms with Crippen LogP contribution in [0.25, 0.3) is 0 Å². The van der Waals surface area contributed by atoms with Gasteiger partial charge in [0.25, 0.3) is 0 Å². The number of hydrogen-bond donors (Lipinski definition) is 0. The Kier molecular flexibility index (Phi) is 4.42. The van der Waals surface area contributed by atoms with Crippen molar-refractivity contribution in [3.63, 3.8) is 0 Å². The first-order valence-corrected chi connectivity index (χ1v) is 5.87. The third-order valence-electron chi connectivity index (χ3n) is 3.27. The summed E-state index contributed by atoms with van der Waals surface area (Å²) in [6.45, 7) is 0. The third kappa shape index (κ3) is 2.60. The normalized spacial score (nSPS) is 32.5. The summed E-state index contributed by atoms with van der Waals surface area (Å²) >= 11 is 0. The average Bonchev–Trinajstić information content (AvgIpc) is 3.03. The Labute approximate surface area is 112 Å². The van der Waals surface area contributed by atoms with Crippen molar-refractivity contribution < 1.29 is 23.9 Å². The van der Waals surface area contributed by atoms with Gasteiger partial charge < -0.3 is 9.47 Å². The van der Waals surface area contributed by atoms with Gasteiger partial charge in [-0.3, -0.25) is 9.63 Å². The van der Waals surface area contributed by atoms with Crippen molar-refractivity contribution in [3.05, 3.63) is 31.6 Å². The highest BCUT2D eigenvalue weighted by atomic mass is 16.7. The molecule has 1 heterocycles. The average molecular weight is 266 g/mol. The lowest BCUT2D eigenvalue weighted by Gasteiger charge is -2.26. The molecule has 3 atom stereocenters. The van der Waals surface area contributed by atoms with Crippen LogP contribution < -0.4 is 0 Å². The second kappa shape index (κ2) is 5.88. The van der Waals surface area contributed by atoms with Gasteiger partial charge in [-0.15, -0.1) is 0 Å². The van der Waals surface area contributed by atoms with E-state index >= 15 is 0 Å². The SMILES string of the molecule is COC(=O)[C@H]1[C@@H](C(=O)OC)ON(C)[C@@H]1[C]1[CH][CH][CH][CH]1. The first-order valence-electron chi connectivity index (χ1n) is 5.87. The molecule has 0 aromatic heterocycles. The van der Waals surface area contributed by atoms with Gasteiger partial charge in [-0.05, 0) is 25.7 Å². The van der Waals surface area contributed by atoms with Gasteiger partial charge in [0.1, 0.15) is 5.92 Å². The number of esters is 2. The minimum atomic E-state index is -0.984. The molecule has 1 saturated heterocycles. The molecular formula is C13H16NO5. The van der Waals surface area contributed by atoms with Gasteiger partial charge in [-0.1, -0.05) is 0 Å². The molecule has 103 valence electrons. The molecule has 0 aromatic rings. The van der Waals surface area contributed by atoms with Gasteiger partial charge in [0.15, 0.2) is 6.10 Å². The van der Waals surface area contributed by atoms with E-state index in [2.05, 4.69) is 4.74 Å². The summed E-state index contributed by atoms with van der Waals surface area (Å²) in [5.41, 5.74) is 0. The number of nitrogens with zero attached hydrogens (tertiary/aromatic N) is 1. The molecule has 5 radical (unpaired) electrons. The molecule has 1 aliphatic carbocycles. The number of carbonyl (C=O) groups excluding carboxylic acids is 2. The first kappa shape index (κ1) is 14.3. The lowest BCUT2D eigenvalue weighted by Crippen LogP contribution is -2.42. The molecule has 1 saturated carbocycles. The Hall–Kier alpha value is -1.14. The number of carbonyl (C=O) groups is 2. The summed E-state index contributed by atoms with van der Waals surface area (Å²) in [5.74, 6) is -0.934. The molecule has 0 unspecified atom stereocenters. The molecule has 0 bridgehead atoms. The van der Waals surface area contributed by atoms with E-state index in [1.807, 2.05) is 25.7 Å². The Bertz CT molecular complexity index is 353. The fourth-order valence-corrected chi connectivity index (χ4v) is 2.40. The first-order chi connectivity index (χ1) is 9.10. The molecule has 2 rings (SSSR count). The highest BCUT2D eigenvalue weighted by Crippen LogP contribution is 2.39. The van der Waals surface area contributed by atoms with Crippen molar-refractivity contribution in [2.45, 2.75) is 12.1 Å². The van der Waals surface area contributed by atoms with Crippen molar-refractivity contribution in [1.82, 2.24) is 5.06 Å². The van der Waals surface area contributed by atoms with E-state index in [1.165, 1.54) is 19.3 Å². The predicted molar refractivity (Wildman–Crippen MR) is 64.4 cm³/mol. The Balaban J connectivity index is 2.23. The molecule has 0 spiro atoms. The van der Waals surface area contributed by atoms with Crippen molar-refractivity contribution in [2.75, 3.05) is 21.3 Å². The summed E-state index contributed by atoms with van der Waals surface area (Å²) in [5, 5.41) is 1.50. The van der Waals surface area contributed by atoms with Crippen molar-refractivity contribution in [1.29, 1.82) is 0 Å². The maximum atomic E-state index is 12.0. The zero-order valence-corrected chi connectivity index (χ0v) is 11.0. The van der Waals surface area contributed by atoms with Crippen LogP contribution in [0.15, 0.2) is 0 Å². The number of ether oxygens (including phenoxy) is 2. The topological polar surface area (TPSA) is 65.1 Å². The second-order valence-electron chi connectivity index (χ2n) is 4.31. The van der Waals surface area contributed by atoms with E-state index in [4.69, 9.17) is 9.57 Å². The predicted octanol–water partition coefficient (Wildman–Crippen LogP) is -0.0319. The Morgan fingerprint density at radius 3 is 2.26 bits per heavy atom. The molecule has 0 aromatic carbocycles. The van der Waals surface area contributed by atoms with Gasteiger partial charge in [-0.2, -0.15) is 5.06 Å². The van der Waals surface area contributed by atoms with Crippen molar-refractivity contribution >= 4 is 11.9 Å². The van der Waals surface area contributed by atoms with Crippen LogP contribution in [0, 0.1) is 37.5 Å². The van der Waals surface area contributed by atoms with E-state index in [0.29, 0.717) is 0 Å². The van der Waals surface area contributed by atoms with Gasteiger partial charge in [0, 0.05) is 13.0 Å². The van der Waals surface area contributed by atoms with Crippen LogP contribution in [0.5, 0.6) is 0 Å². The van der Waals surface area contributed by atoms with E-state index in [9.17, 15) is 9.59 Å². The smallest absolute Gasteiger partial charge is 0.338 e. The quantitative estimate of drug-likeness (QED) is 0.668. The fourth-order valence-electron chi connectivity index (χ4n) is 2.40. The molecule has 6 heteroatoms. The van der Waals surface area contributed by atoms with E-state index in [1.54, 1.807) is 7.05 Å². The van der Waals surface area contributed by atoms with Crippen LogP contribution in [0.4, 0.5) is 0 Å². The zero-order valence-electron chi connectivity index (χ0n) is 11.0. The summed E-state index contributed by atoms with van der Waals surface area (Å²) in [6, 6.07) is -0.369. The summed E-state index contributed by atoms with van der Waals surface area (Å²) in [4.78, 5) is 29.1. The largest absolute Gasteiger partial charge is 0.469 e. The van der Waals surface area contributed by atoms with E-state index in [-0.39, 0.29) is 6.04 Å². The number of methoxy groups -OCH3 is 2. The number of rotatable bonds is 3. The van der Waals surface area contributed by atoms with Gasteiger partial charge in [0.2, 0.25) is 0 Å². The molecular weight excluding hydrogens is 250 g/mol. The highest BCUT2D eigenvalue weighted by molar-refractivity contribution is 5.85. The van der Waals surface area contributed by atoms with Gasteiger partial charge >= 0.3 is 11.9 Å². The molecule has 6 nitrogen and oxygen atoms in total. The van der Waals surface area contributed by atoms with Crippen LogP contribution in [-0.4, -0.2) is 50.4 Å². The molecule has 2 aliphatic rings. The number of hydrogen-bond acceptors (Lipinski definition) is 6. The molecule has 0 N–H and O–H groups in total. The summed E-state index contributed by atoms with van der Waals surface area (Å²) in [6.07, 6.45) is 6.49. The monoisotopic (exact) mass is 266 g/mol. The molecule has 19 heavy (non-hydrogen) atoms. The van der Waals surface area contributed by atoms with Gasteiger partial charge in [0.05, 0.1) is 20.3 Å². The summed E-state index contributed by atoms with van der Waals surface area (Å²) in [7, 11) is 4.23. The highest BCUT2D eigenvalue weighted by Gasteiger charge is 2.54. The van der Waals surface area contributed by atoms with Crippen LogP contribution >= 0.6 is 0 Å². The standard InChI is InChI=1S/C13H16NO5/c1-14-10(8-6-4-5-7-8)9(12(15)17-2)11(19-14)13(16)18-3/h4-7,9-11H,1-3H3/t9-,10-,11+/m1/s1. The minimum absolute atomic E-state index is 0.369. The van der Waals surface area contributed by atoms with E-state index in [0.717, 1.165) is 5.92 Å². The lowest BCUT2D eigenvalue weighted by molar-refractivity contribution is -0.181. The zero-order chi connectivity index (χ0) is 14.0. The fraction of sp³-hybridized carbons (Fsp3) is 0.462. The van der Waals surface area contributed by atoms with Crippen LogP contribution in [0.1, 0.15) is 0 Å². The van der Waals surface area contributed by atoms with Gasteiger partial charge in [-0.25, -0.2) is 4.79 Å². The van der Waals surface area contributed by atoms with Crippen molar-refractivity contribution in [2.24, 2.45) is 5.92 Å². The van der Waals surface area contributed by atoms with Crippen LogP contribution in [0.2, 0.25) is 0 Å². The van der Waals surface area contributed by atoms with E-state index < -0.39 is 24.0 Å². The Morgan fingerprint density at radius 1 is 1.16 bits per heavy atom. The third-order valence-corrected chi connectivity index (χ3v) is 3.27. The van der Waals surface area contributed by atoms with Crippen molar-refractivity contribution in [3.8, 4) is 0 Å². The number of hydroxylamine groups is 2. The Morgan fingerprint density at radius 2 is 1.74 bits per heavy atom. The maximum absolute atomic E-state index is 12.0. The molecule has 2 fully saturated rings. The lowest BCUT2D eigenvalue weighted by atomic mass is 9.84. The second-order valence-corrected chi connectivity index (χ2v) is 4.31.